The Labute approximate surface area is 138 Å². The van der Waals surface area contributed by atoms with Crippen molar-refractivity contribution in [3.05, 3.63) is 54.0 Å². The average molecular weight is 417 g/mol. The van der Waals surface area contributed by atoms with Crippen LogP contribution in [0.4, 0.5) is 4.39 Å². The number of halogens is 3. The molecule has 0 radical (unpaired) electrons. The zero-order valence-electron chi connectivity index (χ0n) is 10.9. The maximum absolute atomic E-state index is 13.1. The molecule has 0 saturated carbocycles. The summed E-state index contributed by atoms with van der Waals surface area (Å²) in [5, 5.41) is 0. The highest BCUT2D eigenvalue weighted by atomic mass is 79.9. The molecule has 0 N–H and O–H groups in total. The highest BCUT2D eigenvalue weighted by molar-refractivity contribution is 9.24. The van der Waals surface area contributed by atoms with Gasteiger partial charge in [-0.25, -0.2) is 0 Å². The molecule has 0 bridgehead atoms. The van der Waals surface area contributed by atoms with Crippen molar-refractivity contribution < 1.29 is 13.9 Å². The molecule has 110 valence electrons. The largest absolute Gasteiger partial charge is 0.439 e. The molecule has 6 heteroatoms. The quantitative estimate of drug-likeness (QED) is 0.401. The maximum Gasteiger partial charge on any atom is 0.221 e. The van der Waals surface area contributed by atoms with E-state index in [1.54, 1.807) is 12.1 Å². The van der Waals surface area contributed by atoms with E-state index in [1.807, 2.05) is 24.3 Å². The van der Waals surface area contributed by atoms with E-state index in [4.69, 9.17) is 9.47 Å². The monoisotopic (exact) mass is 415 g/mol. The molecule has 1 unspecified atom stereocenters. The number of ether oxygens (including phenoxy) is 2. The van der Waals surface area contributed by atoms with E-state index in [-0.39, 0.29) is 15.2 Å². The second-order valence-corrected chi connectivity index (χ2v) is 8.25. The van der Waals surface area contributed by atoms with Crippen LogP contribution in [0.1, 0.15) is 12.0 Å². The zero-order valence-corrected chi connectivity index (χ0v) is 14.1. The van der Waals surface area contributed by atoms with Gasteiger partial charge >= 0.3 is 0 Å². The number of pyridine rings is 1. The third-order valence-corrected chi connectivity index (χ3v) is 3.90. The fourth-order valence-electron chi connectivity index (χ4n) is 2.15. The molecule has 2 aromatic rings. The Morgan fingerprint density at radius 1 is 1.29 bits per heavy atom. The normalized spacial score (nSPS) is 20.6. The first kappa shape index (κ1) is 14.9. The number of benzene rings is 1. The van der Waals surface area contributed by atoms with Crippen molar-refractivity contribution in [2.45, 2.75) is 15.8 Å². The van der Waals surface area contributed by atoms with Crippen molar-refractivity contribution in [2.75, 3.05) is 6.61 Å². The third kappa shape index (κ3) is 3.62. The van der Waals surface area contributed by atoms with Crippen LogP contribution in [0.2, 0.25) is 0 Å². The number of epoxide rings is 1. The van der Waals surface area contributed by atoms with Gasteiger partial charge in [-0.1, -0.05) is 50.1 Å². The summed E-state index contributed by atoms with van der Waals surface area (Å²) in [6, 6.07) is 12.1. The fourth-order valence-corrected chi connectivity index (χ4v) is 3.19. The number of hydrogen-bond acceptors (Lipinski definition) is 3. The van der Waals surface area contributed by atoms with Crippen molar-refractivity contribution >= 4 is 31.9 Å². The van der Waals surface area contributed by atoms with Crippen molar-refractivity contribution in [1.82, 2.24) is 4.98 Å². The van der Waals surface area contributed by atoms with Crippen LogP contribution in [0.3, 0.4) is 0 Å². The van der Waals surface area contributed by atoms with E-state index >= 15 is 0 Å². The Kier molecular flexibility index (Phi) is 4.28. The molecule has 21 heavy (non-hydrogen) atoms. The van der Waals surface area contributed by atoms with Gasteiger partial charge in [-0.05, 0) is 23.8 Å². The van der Waals surface area contributed by atoms with Crippen LogP contribution in [0.15, 0.2) is 42.5 Å². The molecule has 2 heterocycles. The van der Waals surface area contributed by atoms with Gasteiger partial charge in [0.1, 0.15) is 11.4 Å². The van der Waals surface area contributed by atoms with E-state index in [2.05, 4.69) is 36.8 Å². The van der Waals surface area contributed by atoms with Gasteiger partial charge in [-0.2, -0.15) is 9.37 Å². The Morgan fingerprint density at radius 3 is 2.71 bits per heavy atom. The highest BCUT2D eigenvalue weighted by Crippen LogP contribution is 2.46. The van der Waals surface area contributed by atoms with Gasteiger partial charge in [-0.3, -0.25) is 0 Å². The first-order valence-corrected chi connectivity index (χ1v) is 8.24. The van der Waals surface area contributed by atoms with Gasteiger partial charge in [0, 0.05) is 12.5 Å². The summed E-state index contributed by atoms with van der Waals surface area (Å²) in [6.07, 6.45) is 0.814. The van der Waals surface area contributed by atoms with Crippen LogP contribution in [0.25, 0.3) is 0 Å². The molecule has 1 aliphatic heterocycles. The number of nitrogens with zero attached hydrogens (tertiary/aromatic N) is 1. The Morgan fingerprint density at radius 2 is 2.05 bits per heavy atom. The van der Waals surface area contributed by atoms with Crippen molar-refractivity contribution in [3.63, 3.8) is 0 Å². The van der Waals surface area contributed by atoms with E-state index in [1.165, 1.54) is 6.07 Å². The smallest absolute Gasteiger partial charge is 0.221 e. The van der Waals surface area contributed by atoms with Crippen molar-refractivity contribution in [2.24, 2.45) is 0 Å². The lowest BCUT2D eigenvalue weighted by atomic mass is 9.97. The Hall–Kier alpha value is -0.980. The molecule has 1 saturated heterocycles. The molecular weight excluding hydrogens is 405 g/mol. The predicted molar refractivity (Wildman–Crippen MR) is 84.6 cm³/mol. The fraction of sp³-hybridized carbons (Fsp3) is 0.267. The maximum atomic E-state index is 13.1. The van der Waals surface area contributed by atoms with Gasteiger partial charge in [0.25, 0.3) is 0 Å². The highest BCUT2D eigenvalue weighted by Gasteiger charge is 2.47. The minimum Gasteiger partial charge on any atom is -0.439 e. The third-order valence-electron chi connectivity index (χ3n) is 3.25. The average Bonchev–Trinajstić information content (AvgIpc) is 3.19. The molecule has 1 fully saturated rings. The summed E-state index contributed by atoms with van der Waals surface area (Å²) < 4.78 is 24.5. The molecule has 3 rings (SSSR count). The van der Waals surface area contributed by atoms with E-state index < -0.39 is 5.95 Å². The lowest BCUT2D eigenvalue weighted by Gasteiger charge is -2.14. The van der Waals surface area contributed by atoms with Crippen LogP contribution < -0.4 is 4.74 Å². The van der Waals surface area contributed by atoms with Crippen molar-refractivity contribution in [1.29, 1.82) is 0 Å². The molecule has 0 aliphatic carbocycles. The van der Waals surface area contributed by atoms with Crippen LogP contribution in [0, 0.1) is 5.95 Å². The molecule has 1 aliphatic rings. The lowest BCUT2D eigenvalue weighted by molar-refractivity contribution is 0.300. The van der Waals surface area contributed by atoms with Gasteiger partial charge in [0.2, 0.25) is 11.8 Å². The van der Waals surface area contributed by atoms with Crippen molar-refractivity contribution in [3.8, 4) is 11.6 Å². The minimum absolute atomic E-state index is 0.182. The zero-order chi connectivity index (χ0) is 14.9. The van der Waals surface area contributed by atoms with E-state index in [9.17, 15) is 4.39 Å². The lowest BCUT2D eigenvalue weighted by Crippen LogP contribution is -2.12. The van der Waals surface area contributed by atoms with Gasteiger partial charge in [0.15, 0.2) is 0 Å². The number of hydrogen-bond donors (Lipinski definition) is 0. The van der Waals surface area contributed by atoms with Crippen LogP contribution in [-0.4, -0.2) is 15.3 Å². The van der Waals surface area contributed by atoms with Gasteiger partial charge in [0.05, 0.1) is 10.3 Å². The van der Waals surface area contributed by atoms with Crippen LogP contribution >= 0.6 is 31.9 Å². The molecule has 1 atom stereocenters. The molecule has 0 spiro atoms. The van der Waals surface area contributed by atoms with Gasteiger partial charge < -0.3 is 9.47 Å². The topological polar surface area (TPSA) is 34.6 Å². The summed E-state index contributed by atoms with van der Waals surface area (Å²) >= 11 is 6.96. The summed E-state index contributed by atoms with van der Waals surface area (Å²) in [4.78, 5) is 3.69. The number of rotatable bonds is 5. The molecule has 1 aromatic carbocycles. The van der Waals surface area contributed by atoms with E-state index in [0.717, 1.165) is 12.0 Å². The second-order valence-electron chi connectivity index (χ2n) is 4.81. The summed E-state index contributed by atoms with van der Waals surface area (Å²) in [5.74, 6) is 0.282. The number of alkyl halides is 2. The first-order valence-electron chi connectivity index (χ1n) is 6.40. The first-order chi connectivity index (χ1) is 10.1. The molecular formula is C15H12Br2FNO2. The van der Waals surface area contributed by atoms with Crippen LogP contribution in [-0.2, 0) is 10.3 Å². The SMILES string of the molecule is Fc1cccc(Oc2cccc(C3(CC(Br)Br)CO3)c2)n1. The van der Waals surface area contributed by atoms with Crippen LogP contribution in [0.5, 0.6) is 11.6 Å². The molecule has 3 nitrogen and oxygen atoms in total. The molecule has 1 aromatic heterocycles. The Bertz CT molecular complexity index is 647. The Balaban J connectivity index is 1.81. The second kappa shape index (κ2) is 6.02. The number of aromatic nitrogens is 1. The van der Waals surface area contributed by atoms with E-state index in [0.29, 0.717) is 12.4 Å². The minimum atomic E-state index is -0.563. The van der Waals surface area contributed by atoms with Gasteiger partial charge in [-0.15, -0.1) is 0 Å². The summed E-state index contributed by atoms with van der Waals surface area (Å²) in [6.45, 7) is 0.683. The molecule has 0 amide bonds. The standard InChI is InChI=1S/C15H12Br2FNO2/c16-12(17)8-15(9-20-15)10-3-1-4-11(7-10)21-14-6-2-5-13(18)19-14/h1-7,12H,8-9H2. The summed E-state index contributed by atoms with van der Waals surface area (Å²) in [7, 11) is 0. The predicted octanol–water partition coefficient (Wildman–Crippen LogP) is 4.74. The summed E-state index contributed by atoms with van der Waals surface area (Å²) in [5.41, 5.74) is 0.771.